The van der Waals surface area contributed by atoms with E-state index in [-0.39, 0.29) is 0 Å². The highest BCUT2D eigenvalue weighted by Crippen LogP contribution is 2.27. The molecule has 1 fully saturated rings. The van der Waals surface area contributed by atoms with Crippen LogP contribution in [0.25, 0.3) is 0 Å². The second-order valence-electron chi connectivity index (χ2n) is 3.97. The highest BCUT2D eigenvalue weighted by molar-refractivity contribution is 9.10. The van der Waals surface area contributed by atoms with E-state index in [4.69, 9.17) is 0 Å². The molecule has 1 atom stereocenters. The minimum absolute atomic E-state index is 0.729. The topological polar surface area (TPSA) is 3.24 Å². The van der Waals surface area contributed by atoms with Crippen molar-refractivity contribution in [2.24, 2.45) is 0 Å². The van der Waals surface area contributed by atoms with Crippen molar-refractivity contribution in [3.8, 4) is 0 Å². The molecule has 0 aromatic carbocycles. The molecule has 1 aliphatic rings. The van der Waals surface area contributed by atoms with Gasteiger partial charge in [0.15, 0.2) is 0 Å². The third-order valence-electron chi connectivity index (χ3n) is 2.96. The van der Waals surface area contributed by atoms with Crippen LogP contribution in [0.3, 0.4) is 0 Å². The summed E-state index contributed by atoms with van der Waals surface area (Å²) in [5.74, 6) is 0. The summed E-state index contributed by atoms with van der Waals surface area (Å²) in [6.45, 7) is 2.36. The molecule has 0 saturated carbocycles. The standard InChI is InChI=1S/C11H15Br2NS/c12-7-9-3-1-2-5-14(9)8-11-10(13)4-6-15-11/h4,6,9H,1-3,5,7-8H2. The molecule has 4 heteroatoms. The number of thiophene rings is 1. The minimum atomic E-state index is 0.729. The van der Waals surface area contributed by atoms with E-state index in [9.17, 15) is 0 Å². The van der Waals surface area contributed by atoms with E-state index in [2.05, 4.69) is 48.2 Å². The van der Waals surface area contributed by atoms with E-state index >= 15 is 0 Å². The van der Waals surface area contributed by atoms with Gasteiger partial charge in [0.1, 0.15) is 0 Å². The maximum atomic E-state index is 3.62. The Bertz CT molecular complexity index is 313. The number of halogens is 2. The normalized spacial score (nSPS) is 23.2. The van der Waals surface area contributed by atoms with Gasteiger partial charge in [0, 0.05) is 27.3 Å². The van der Waals surface area contributed by atoms with Gasteiger partial charge in [-0.25, -0.2) is 0 Å². The smallest absolute Gasteiger partial charge is 0.0342 e. The molecular weight excluding hydrogens is 338 g/mol. The first-order valence-corrected chi connectivity index (χ1v) is 8.12. The van der Waals surface area contributed by atoms with Crippen LogP contribution in [0.15, 0.2) is 15.9 Å². The number of rotatable bonds is 3. The van der Waals surface area contributed by atoms with E-state index in [0.717, 1.165) is 17.9 Å². The Morgan fingerprint density at radius 2 is 2.33 bits per heavy atom. The van der Waals surface area contributed by atoms with Crippen LogP contribution in [-0.2, 0) is 6.54 Å². The van der Waals surface area contributed by atoms with Crippen molar-refractivity contribution in [1.82, 2.24) is 4.90 Å². The summed E-state index contributed by atoms with van der Waals surface area (Å²) in [4.78, 5) is 4.07. The first kappa shape index (κ1) is 12.1. The quantitative estimate of drug-likeness (QED) is 0.734. The average Bonchev–Trinajstić information content (AvgIpc) is 2.65. The summed E-state index contributed by atoms with van der Waals surface area (Å²) in [5, 5.41) is 3.27. The van der Waals surface area contributed by atoms with Gasteiger partial charge in [-0.05, 0) is 46.8 Å². The van der Waals surface area contributed by atoms with Gasteiger partial charge in [-0.15, -0.1) is 11.3 Å². The van der Waals surface area contributed by atoms with Gasteiger partial charge in [0.2, 0.25) is 0 Å². The molecule has 0 radical (unpaired) electrons. The molecular formula is C11H15Br2NS. The Balaban J connectivity index is 2.00. The first-order valence-electron chi connectivity index (χ1n) is 5.33. The highest BCUT2D eigenvalue weighted by Gasteiger charge is 2.22. The zero-order chi connectivity index (χ0) is 10.7. The van der Waals surface area contributed by atoms with E-state index in [0.29, 0.717) is 0 Å². The molecule has 2 heterocycles. The molecule has 0 aliphatic carbocycles. The van der Waals surface area contributed by atoms with Crippen molar-refractivity contribution in [1.29, 1.82) is 0 Å². The molecule has 0 bridgehead atoms. The van der Waals surface area contributed by atoms with E-state index in [1.807, 2.05) is 11.3 Å². The van der Waals surface area contributed by atoms with Crippen LogP contribution in [-0.4, -0.2) is 22.8 Å². The van der Waals surface area contributed by atoms with Crippen molar-refractivity contribution in [3.63, 3.8) is 0 Å². The Labute approximate surface area is 112 Å². The summed E-state index contributed by atoms with van der Waals surface area (Å²) >= 11 is 9.08. The maximum Gasteiger partial charge on any atom is 0.0342 e. The van der Waals surface area contributed by atoms with Crippen LogP contribution >= 0.6 is 43.2 Å². The van der Waals surface area contributed by atoms with Gasteiger partial charge in [-0.3, -0.25) is 4.90 Å². The fraction of sp³-hybridized carbons (Fsp3) is 0.636. The predicted molar refractivity (Wildman–Crippen MR) is 73.9 cm³/mol. The van der Waals surface area contributed by atoms with Crippen molar-refractivity contribution < 1.29 is 0 Å². The van der Waals surface area contributed by atoms with Gasteiger partial charge in [0.05, 0.1) is 0 Å². The molecule has 0 amide bonds. The van der Waals surface area contributed by atoms with Crippen molar-refractivity contribution >= 4 is 43.2 Å². The molecule has 15 heavy (non-hydrogen) atoms. The molecule has 1 aromatic heterocycles. The third-order valence-corrected chi connectivity index (χ3v) is 5.62. The molecule has 1 unspecified atom stereocenters. The molecule has 1 aliphatic heterocycles. The highest BCUT2D eigenvalue weighted by atomic mass is 79.9. The summed E-state index contributed by atoms with van der Waals surface area (Å²) in [5.41, 5.74) is 0. The largest absolute Gasteiger partial charge is 0.294 e. The maximum absolute atomic E-state index is 3.62. The molecule has 1 saturated heterocycles. The Kier molecular flexibility index (Phi) is 4.68. The predicted octanol–water partition coefficient (Wildman–Crippen LogP) is 4.26. The number of alkyl halides is 1. The summed E-state index contributed by atoms with van der Waals surface area (Å²) < 4.78 is 1.27. The summed E-state index contributed by atoms with van der Waals surface area (Å²) in [7, 11) is 0. The van der Waals surface area contributed by atoms with Gasteiger partial charge in [-0.1, -0.05) is 22.4 Å². The van der Waals surface area contributed by atoms with Crippen LogP contribution in [0, 0.1) is 0 Å². The molecule has 2 rings (SSSR count). The van der Waals surface area contributed by atoms with Gasteiger partial charge >= 0.3 is 0 Å². The van der Waals surface area contributed by atoms with E-state index in [1.54, 1.807) is 0 Å². The molecule has 84 valence electrons. The SMILES string of the molecule is BrCC1CCCCN1Cc1sccc1Br. The Morgan fingerprint density at radius 3 is 3.00 bits per heavy atom. The minimum Gasteiger partial charge on any atom is -0.294 e. The van der Waals surface area contributed by atoms with E-state index in [1.165, 1.54) is 35.2 Å². The summed E-state index contributed by atoms with van der Waals surface area (Å²) in [6.07, 6.45) is 4.08. The molecule has 0 N–H and O–H groups in total. The van der Waals surface area contributed by atoms with Crippen LogP contribution in [0.1, 0.15) is 24.1 Å². The molecule has 0 spiro atoms. The van der Waals surface area contributed by atoms with Gasteiger partial charge in [0.25, 0.3) is 0 Å². The zero-order valence-corrected chi connectivity index (χ0v) is 12.6. The third kappa shape index (κ3) is 3.05. The van der Waals surface area contributed by atoms with Crippen molar-refractivity contribution in [2.45, 2.75) is 31.8 Å². The summed E-state index contributed by atoms with van der Waals surface area (Å²) in [6, 6.07) is 2.88. The lowest BCUT2D eigenvalue weighted by Gasteiger charge is -2.34. The van der Waals surface area contributed by atoms with E-state index < -0.39 is 0 Å². The first-order chi connectivity index (χ1) is 7.31. The molecule has 1 aromatic rings. The Hall–Kier alpha value is 0.620. The van der Waals surface area contributed by atoms with Gasteiger partial charge in [-0.2, -0.15) is 0 Å². The fourth-order valence-corrected chi connectivity index (χ4v) is 4.30. The lowest BCUT2D eigenvalue weighted by atomic mass is 10.0. The number of piperidine rings is 1. The van der Waals surface area contributed by atoms with Crippen LogP contribution in [0.4, 0.5) is 0 Å². The van der Waals surface area contributed by atoms with Crippen LogP contribution < -0.4 is 0 Å². The average molecular weight is 353 g/mol. The van der Waals surface area contributed by atoms with Crippen LogP contribution in [0.5, 0.6) is 0 Å². The second kappa shape index (κ2) is 5.80. The fourth-order valence-electron chi connectivity index (χ4n) is 2.07. The monoisotopic (exact) mass is 351 g/mol. The Morgan fingerprint density at radius 1 is 1.47 bits per heavy atom. The number of nitrogens with zero attached hydrogens (tertiary/aromatic N) is 1. The molecule has 1 nitrogen and oxygen atoms in total. The number of hydrogen-bond donors (Lipinski definition) is 0. The lowest BCUT2D eigenvalue weighted by molar-refractivity contribution is 0.158. The van der Waals surface area contributed by atoms with Crippen molar-refractivity contribution in [2.75, 3.05) is 11.9 Å². The number of likely N-dealkylation sites (tertiary alicyclic amines) is 1. The van der Waals surface area contributed by atoms with Crippen LogP contribution in [0.2, 0.25) is 0 Å². The van der Waals surface area contributed by atoms with Crippen molar-refractivity contribution in [3.05, 3.63) is 20.8 Å². The number of hydrogen-bond acceptors (Lipinski definition) is 2. The second-order valence-corrected chi connectivity index (χ2v) is 6.47. The lowest BCUT2D eigenvalue weighted by Crippen LogP contribution is -2.39. The van der Waals surface area contributed by atoms with Gasteiger partial charge < -0.3 is 0 Å². The zero-order valence-electron chi connectivity index (χ0n) is 8.59.